The van der Waals surface area contributed by atoms with Crippen molar-refractivity contribution in [3.63, 3.8) is 0 Å². The van der Waals surface area contributed by atoms with Gasteiger partial charge in [-0.3, -0.25) is 4.79 Å². The lowest BCUT2D eigenvalue weighted by Gasteiger charge is -2.28. The van der Waals surface area contributed by atoms with Gasteiger partial charge in [0.15, 0.2) is 0 Å². The first-order valence-corrected chi connectivity index (χ1v) is 4.93. The summed E-state index contributed by atoms with van der Waals surface area (Å²) in [4.78, 5) is 10.8. The molecule has 13 heavy (non-hydrogen) atoms. The molecular formula is C10H16O3. The van der Waals surface area contributed by atoms with Gasteiger partial charge in [-0.05, 0) is 31.1 Å². The summed E-state index contributed by atoms with van der Waals surface area (Å²) in [6, 6.07) is 0. The molecule has 0 aliphatic heterocycles. The molecule has 74 valence electrons. The van der Waals surface area contributed by atoms with E-state index in [4.69, 9.17) is 9.84 Å². The van der Waals surface area contributed by atoms with E-state index in [9.17, 15) is 4.79 Å². The zero-order valence-electron chi connectivity index (χ0n) is 7.95. The molecule has 2 fully saturated rings. The summed E-state index contributed by atoms with van der Waals surface area (Å²) in [6.45, 7) is 0. The van der Waals surface area contributed by atoms with Gasteiger partial charge in [-0.1, -0.05) is 6.42 Å². The van der Waals surface area contributed by atoms with Crippen molar-refractivity contribution in [1.29, 1.82) is 0 Å². The highest BCUT2D eigenvalue weighted by Gasteiger charge is 2.59. The fourth-order valence-electron chi connectivity index (χ4n) is 2.74. The third kappa shape index (κ3) is 1.46. The van der Waals surface area contributed by atoms with E-state index < -0.39 is 5.97 Å². The van der Waals surface area contributed by atoms with Crippen LogP contribution in [0.25, 0.3) is 0 Å². The van der Waals surface area contributed by atoms with Crippen LogP contribution in [0.1, 0.15) is 32.1 Å². The topological polar surface area (TPSA) is 46.5 Å². The summed E-state index contributed by atoms with van der Waals surface area (Å²) in [5.74, 6) is -0.692. The van der Waals surface area contributed by atoms with Crippen LogP contribution in [-0.4, -0.2) is 24.3 Å². The van der Waals surface area contributed by atoms with Crippen molar-refractivity contribution >= 4 is 5.97 Å². The molecule has 2 aliphatic carbocycles. The Balaban J connectivity index is 1.98. The Kier molecular flexibility index (Phi) is 2.06. The summed E-state index contributed by atoms with van der Waals surface area (Å²) in [5.41, 5.74) is 0.116. The number of aliphatic carboxylic acids is 1. The number of methoxy groups -OCH3 is 1. The normalized spacial score (nSPS) is 43.5. The molecule has 0 saturated heterocycles. The maximum Gasteiger partial charge on any atom is 0.307 e. The minimum absolute atomic E-state index is 0.0783. The molecule has 3 heteroatoms. The molecule has 0 radical (unpaired) electrons. The highest BCUT2D eigenvalue weighted by atomic mass is 16.5. The fourth-order valence-corrected chi connectivity index (χ4v) is 2.74. The van der Waals surface area contributed by atoms with Gasteiger partial charge >= 0.3 is 5.97 Å². The van der Waals surface area contributed by atoms with Crippen LogP contribution in [0.5, 0.6) is 0 Å². The monoisotopic (exact) mass is 184 g/mol. The minimum atomic E-state index is -0.614. The minimum Gasteiger partial charge on any atom is -0.481 e. The molecule has 0 heterocycles. The Bertz CT molecular complexity index is 226. The SMILES string of the molecule is COC1CCCC2(C1)CC2C(=O)O. The van der Waals surface area contributed by atoms with Crippen LogP contribution in [-0.2, 0) is 9.53 Å². The van der Waals surface area contributed by atoms with Gasteiger partial charge in [0, 0.05) is 7.11 Å². The van der Waals surface area contributed by atoms with E-state index in [1.807, 2.05) is 0 Å². The van der Waals surface area contributed by atoms with Crippen molar-refractivity contribution in [2.75, 3.05) is 7.11 Å². The first-order chi connectivity index (χ1) is 6.18. The second-order valence-corrected chi connectivity index (χ2v) is 4.41. The van der Waals surface area contributed by atoms with Gasteiger partial charge in [0.2, 0.25) is 0 Å². The lowest BCUT2D eigenvalue weighted by molar-refractivity contribution is -0.139. The van der Waals surface area contributed by atoms with Crippen LogP contribution in [0, 0.1) is 11.3 Å². The van der Waals surface area contributed by atoms with E-state index in [1.165, 1.54) is 0 Å². The molecule has 0 amide bonds. The van der Waals surface area contributed by atoms with Crippen molar-refractivity contribution in [2.45, 2.75) is 38.2 Å². The second-order valence-electron chi connectivity index (χ2n) is 4.41. The quantitative estimate of drug-likeness (QED) is 0.710. The Morgan fingerprint density at radius 3 is 2.85 bits per heavy atom. The van der Waals surface area contributed by atoms with E-state index >= 15 is 0 Å². The van der Waals surface area contributed by atoms with Crippen molar-refractivity contribution in [2.24, 2.45) is 11.3 Å². The number of carbonyl (C=O) groups is 1. The van der Waals surface area contributed by atoms with Gasteiger partial charge in [0.25, 0.3) is 0 Å². The summed E-state index contributed by atoms with van der Waals surface area (Å²) in [5, 5.41) is 8.89. The molecule has 0 aromatic heterocycles. The second kappa shape index (κ2) is 2.98. The number of carboxylic acid groups (broad SMARTS) is 1. The van der Waals surface area contributed by atoms with Crippen LogP contribution in [0.2, 0.25) is 0 Å². The molecule has 2 saturated carbocycles. The van der Waals surface area contributed by atoms with Gasteiger partial charge in [0.05, 0.1) is 12.0 Å². The standard InChI is InChI=1S/C10H16O3/c1-13-7-3-2-4-10(5-7)6-8(10)9(11)12/h7-8H,2-6H2,1H3,(H,11,12). The van der Waals surface area contributed by atoms with Crippen LogP contribution in [0.15, 0.2) is 0 Å². The van der Waals surface area contributed by atoms with Gasteiger partial charge in [-0.2, -0.15) is 0 Å². The van der Waals surface area contributed by atoms with E-state index in [0.29, 0.717) is 6.10 Å². The number of hydrogen-bond donors (Lipinski definition) is 1. The summed E-state index contributed by atoms with van der Waals surface area (Å²) in [7, 11) is 1.72. The first-order valence-electron chi connectivity index (χ1n) is 4.93. The number of hydrogen-bond acceptors (Lipinski definition) is 2. The van der Waals surface area contributed by atoms with Crippen molar-refractivity contribution in [1.82, 2.24) is 0 Å². The lowest BCUT2D eigenvalue weighted by Crippen LogP contribution is -2.25. The molecule has 0 bridgehead atoms. The predicted molar refractivity (Wildman–Crippen MR) is 47.4 cm³/mol. The van der Waals surface area contributed by atoms with E-state index in [0.717, 1.165) is 32.1 Å². The smallest absolute Gasteiger partial charge is 0.307 e. The third-order valence-electron chi connectivity index (χ3n) is 3.66. The average molecular weight is 184 g/mol. The Labute approximate surface area is 78.1 Å². The van der Waals surface area contributed by atoms with Crippen LogP contribution >= 0.6 is 0 Å². The number of rotatable bonds is 2. The third-order valence-corrected chi connectivity index (χ3v) is 3.66. The summed E-state index contributed by atoms with van der Waals surface area (Å²) < 4.78 is 5.30. The highest BCUT2D eigenvalue weighted by Crippen LogP contribution is 2.61. The average Bonchev–Trinajstić information content (AvgIpc) is 2.80. The zero-order valence-corrected chi connectivity index (χ0v) is 7.95. The largest absolute Gasteiger partial charge is 0.481 e. The van der Waals surface area contributed by atoms with Crippen molar-refractivity contribution in [3.8, 4) is 0 Å². The summed E-state index contributed by atoms with van der Waals surface area (Å²) >= 11 is 0. The maximum absolute atomic E-state index is 10.8. The van der Waals surface area contributed by atoms with E-state index in [-0.39, 0.29) is 11.3 Å². The number of ether oxygens (including phenoxy) is 1. The van der Waals surface area contributed by atoms with Gasteiger partial charge < -0.3 is 9.84 Å². The van der Waals surface area contributed by atoms with Crippen molar-refractivity contribution < 1.29 is 14.6 Å². The van der Waals surface area contributed by atoms with Gasteiger partial charge in [0.1, 0.15) is 0 Å². The van der Waals surface area contributed by atoms with Crippen LogP contribution < -0.4 is 0 Å². The fraction of sp³-hybridized carbons (Fsp3) is 0.900. The van der Waals surface area contributed by atoms with E-state index in [2.05, 4.69) is 0 Å². The van der Waals surface area contributed by atoms with Gasteiger partial charge in [-0.15, -0.1) is 0 Å². The summed E-state index contributed by atoms with van der Waals surface area (Å²) in [6.07, 6.45) is 5.46. The molecule has 0 aromatic rings. The van der Waals surface area contributed by atoms with Crippen molar-refractivity contribution in [3.05, 3.63) is 0 Å². The Morgan fingerprint density at radius 1 is 1.54 bits per heavy atom. The molecule has 1 N–H and O–H groups in total. The molecular weight excluding hydrogens is 168 g/mol. The highest BCUT2D eigenvalue weighted by molar-refractivity contribution is 5.74. The molecule has 3 unspecified atom stereocenters. The number of carboxylic acids is 1. The maximum atomic E-state index is 10.8. The molecule has 1 spiro atoms. The van der Waals surface area contributed by atoms with Crippen LogP contribution in [0.3, 0.4) is 0 Å². The molecule has 3 nitrogen and oxygen atoms in total. The lowest BCUT2D eigenvalue weighted by atomic mass is 9.82. The van der Waals surface area contributed by atoms with Crippen LogP contribution in [0.4, 0.5) is 0 Å². The predicted octanol–water partition coefficient (Wildman–Crippen LogP) is 1.67. The zero-order chi connectivity index (χ0) is 9.47. The Hall–Kier alpha value is -0.570. The van der Waals surface area contributed by atoms with E-state index in [1.54, 1.807) is 7.11 Å². The van der Waals surface area contributed by atoms with Gasteiger partial charge in [-0.25, -0.2) is 0 Å². The first kappa shape index (κ1) is 9.00. The molecule has 0 aromatic carbocycles. The molecule has 2 aliphatic rings. The Morgan fingerprint density at radius 2 is 2.31 bits per heavy atom. The molecule has 3 atom stereocenters. The molecule has 2 rings (SSSR count).